The SMILES string of the molecule is O=C(C=Cc1ccccc1Cl)NCC1CCCC1C(=O)O. The van der Waals surface area contributed by atoms with Crippen LogP contribution in [0.3, 0.4) is 0 Å². The molecule has 0 aromatic heterocycles. The molecule has 1 aliphatic carbocycles. The van der Waals surface area contributed by atoms with E-state index >= 15 is 0 Å². The molecule has 112 valence electrons. The molecule has 0 aliphatic heterocycles. The number of nitrogens with one attached hydrogen (secondary N) is 1. The smallest absolute Gasteiger partial charge is 0.306 e. The lowest BCUT2D eigenvalue weighted by Crippen LogP contribution is -2.32. The Bertz CT molecular complexity index is 556. The monoisotopic (exact) mass is 307 g/mol. The molecule has 2 rings (SSSR count). The van der Waals surface area contributed by atoms with Gasteiger partial charge < -0.3 is 10.4 Å². The molecule has 21 heavy (non-hydrogen) atoms. The summed E-state index contributed by atoms with van der Waals surface area (Å²) in [6, 6.07) is 7.25. The number of carboxylic acid groups (broad SMARTS) is 1. The van der Waals surface area contributed by atoms with E-state index in [2.05, 4.69) is 5.32 Å². The number of rotatable bonds is 5. The van der Waals surface area contributed by atoms with Crippen LogP contribution in [0.5, 0.6) is 0 Å². The lowest BCUT2D eigenvalue weighted by molar-refractivity contribution is -0.143. The number of hydrogen-bond acceptors (Lipinski definition) is 2. The van der Waals surface area contributed by atoms with Crippen LogP contribution in [0.4, 0.5) is 0 Å². The summed E-state index contributed by atoms with van der Waals surface area (Å²) in [5.74, 6) is -1.30. The Labute approximate surface area is 128 Å². The first kappa shape index (κ1) is 15.6. The maximum absolute atomic E-state index is 11.8. The minimum Gasteiger partial charge on any atom is -0.481 e. The van der Waals surface area contributed by atoms with Crippen molar-refractivity contribution < 1.29 is 14.7 Å². The van der Waals surface area contributed by atoms with Crippen LogP contribution in [0.15, 0.2) is 30.3 Å². The van der Waals surface area contributed by atoms with Gasteiger partial charge in [0.2, 0.25) is 5.91 Å². The van der Waals surface area contributed by atoms with E-state index in [0.29, 0.717) is 18.0 Å². The Morgan fingerprint density at radius 1 is 1.33 bits per heavy atom. The first-order chi connectivity index (χ1) is 10.1. The molecule has 2 N–H and O–H groups in total. The molecule has 5 heteroatoms. The molecule has 1 fully saturated rings. The predicted molar refractivity (Wildman–Crippen MR) is 82.0 cm³/mol. The molecule has 1 aliphatic rings. The quantitative estimate of drug-likeness (QED) is 0.822. The third-order valence-electron chi connectivity index (χ3n) is 3.83. The zero-order valence-corrected chi connectivity index (χ0v) is 12.3. The first-order valence-corrected chi connectivity index (χ1v) is 7.39. The van der Waals surface area contributed by atoms with E-state index in [1.165, 1.54) is 6.08 Å². The van der Waals surface area contributed by atoms with Gasteiger partial charge in [-0.15, -0.1) is 0 Å². The number of carboxylic acids is 1. The summed E-state index contributed by atoms with van der Waals surface area (Å²) < 4.78 is 0. The average molecular weight is 308 g/mol. The maximum atomic E-state index is 11.8. The predicted octanol–water partition coefficient (Wildman–Crippen LogP) is 2.97. The molecule has 0 saturated heterocycles. The molecule has 4 nitrogen and oxygen atoms in total. The van der Waals surface area contributed by atoms with Crippen molar-refractivity contribution >= 4 is 29.6 Å². The Morgan fingerprint density at radius 2 is 2.10 bits per heavy atom. The van der Waals surface area contributed by atoms with Crippen molar-refractivity contribution in [1.29, 1.82) is 0 Å². The fourth-order valence-corrected chi connectivity index (χ4v) is 2.87. The second-order valence-electron chi connectivity index (χ2n) is 5.24. The molecule has 0 bridgehead atoms. The van der Waals surface area contributed by atoms with Gasteiger partial charge in [0.1, 0.15) is 0 Å². The third-order valence-corrected chi connectivity index (χ3v) is 4.18. The number of hydrogen-bond donors (Lipinski definition) is 2. The van der Waals surface area contributed by atoms with Gasteiger partial charge in [-0.2, -0.15) is 0 Å². The van der Waals surface area contributed by atoms with Gasteiger partial charge in [0.25, 0.3) is 0 Å². The van der Waals surface area contributed by atoms with Crippen LogP contribution in [0.1, 0.15) is 24.8 Å². The molecule has 2 unspecified atom stereocenters. The molecule has 0 radical (unpaired) electrons. The van der Waals surface area contributed by atoms with Gasteiger partial charge in [-0.05, 0) is 36.5 Å². The Morgan fingerprint density at radius 3 is 2.81 bits per heavy atom. The van der Waals surface area contributed by atoms with Gasteiger partial charge in [-0.1, -0.05) is 36.2 Å². The highest BCUT2D eigenvalue weighted by Crippen LogP contribution is 2.31. The second-order valence-corrected chi connectivity index (χ2v) is 5.64. The zero-order valence-electron chi connectivity index (χ0n) is 11.6. The van der Waals surface area contributed by atoms with E-state index < -0.39 is 5.97 Å². The fraction of sp³-hybridized carbons (Fsp3) is 0.375. The standard InChI is InChI=1S/C16H18ClNO3/c17-14-7-2-1-4-11(14)8-9-15(19)18-10-12-5-3-6-13(12)16(20)21/h1-2,4,7-9,12-13H,3,5-6,10H2,(H,18,19)(H,20,21). The van der Waals surface area contributed by atoms with Gasteiger partial charge >= 0.3 is 5.97 Å². The van der Waals surface area contributed by atoms with Crippen LogP contribution in [0.2, 0.25) is 5.02 Å². The number of aliphatic carboxylic acids is 1. The van der Waals surface area contributed by atoms with Gasteiger partial charge in [0.15, 0.2) is 0 Å². The van der Waals surface area contributed by atoms with Crippen molar-refractivity contribution in [2.24, 2.45) is 11.8 Å². The Kier molecular flexibility index (Phi) is 5.39. The fourth-order valence-electron chi connectivity index (χ4n) is 2.67. The summed E-state index contributed by atoms with van der Waals surface area (Å²) in [6.07, 6.45) is 5.54. The second kappa shape index (κ2) is 7.27. The van der Waals surface area contributed by atoms with E-state index in [9.17, 15) is 9.59 Å². The number of benzene rings is 1. The van der Waals surface area contributed by atoms with Crippen molar-refractivity contribution in [3.63, 3.8) is 0 Å². The summed E-state index contributed by atoms with van der Waals surface area (Å²) in [7, 11) is 0. The molecule has 0 spiro atoms. The summed E-state index contributed by atoms with van der Waals surface area (Å²) in [4.78, 5) is 22.8. The number of halogens is 1. The van der Waals surface area contributed by atoms with Crippen LogP contribution in [-0.2, 0) is 9.59 Å². The zero-order chi connectivity index (χ0) is 15.2. The normalized spacial score (nSPS) is 21.6. The van der Waals surface area contributed by atoms with Crippen LogP contribution in [0, 0.1) is 11.8 Å². The van der Waals surface area contributed by atoms with Gasteiger partial charge in [0, 0.05) is 17.6 Å². The highest BCUT2D eigenvalue weighted by molar-refractivity contribution is 6.32. The third kappa shape index (κ3) is 4.33. The minimum atomic E-state index is -0.765. The lowest BCUT2D eigenvalue weighted by Gasteiger charge is -2.15. The molecule has 0 heterocycles. The minimum absolute atomic E-state index is 0.0279. The largest absolute Gasteiger partial charge is 0.481 e. The van der Waals surface area contributed by atoms with Crippen LogP contribution in [-0.4, -0.2) is 23.5 Å². The van der Waals surface area contributed by atoms with Crippen LogP contribution >= 0.6 is 11.6 Å². The van der Waals surface area contributed by atoms with Gasteiger partial charge in [-0.25, -0.2) is 0 Å². The highest BCUT2D eigenvalue weighted by Gasteiger charge is 2.32. The molecule has 1 aromatic carbocycles. The van der Waals surface area contributed by atoms with E-state index in [4.69, 9.17) is 16.7 Å². The van der Waals surface area contributed by atoms with E-state index in [1.54, 1.807) is 12.1 Å². The summed E-state index contributed by atoms with van der Waals surface area (Å²) in [5, 5.41) is 12.4. The van der Waals surface area contributed by atoms with Crippen molar-refractivity contribution in [2.75, 3.05) is 6.54 Å². The summed E-state index contributed by atoms with van der Waals surface area (Å²) >= 11 is 5.99. The van der Waals surface area contributed by atoms with E-state index in [-0.39, 0.29) is 17.7 Å². The van der Waals surface area contributed by atoms with Crippen molar-refractivity contribution in [3.8, 4) is 0 Å². The van der Waals surface area contributed by atoms with Crippen LogP contribution in [0.25, 0.3) is 6.08 Å². The molecular formula is C16H18ClNO3. The van der Waals surface area contributed by atoms with Crippen molar-refractivity contribution in [3.05, 3.63) is 40.9 Å². The number of amides is 1. The van der Waals surface area contributed by atoms with Crippen molar-refractivity contribution in [1.82, 2.24) is 5.32 Å². The Hall–Kier alpha value is -1.81. The lowest BCUT2D eigenvalue weighted by atomic mass is 9.96. The highest BCUT2D eigenvalue weighted by atomic mass is 35.5. The molecule has 1 aromatic rings. The van der Waals surface area contributed by atoms with Crippen molar-refractivity contribution in [2.45, 2.75) is 19.3 Å². The topological polar surface area (TPSA) is 66.4 Å². The summed E-state index contributed by atoms with van der Waals surface area (Å²) in [6.45, 7) is 0.405. The molecule has 2 atom stereocenters. The number of carbonyl (C=O) groups is 2. The van der Waals surface area contributed by atoms with Crippen LogP contribution < -0.4 is 5.32 Å². The van der Waals surface area contributed by atoms with E-state index in [0.717, 1.165) is 18.4 Å². The maximum Gasteiger partial charge on any atom is 0.306 e. The van der Waals surface area contributed by atoms with Gasteiger partial charge in [0.05, 0.1) is 5.92 Å². The molecule has 1 amide bonds. The summed E-state index contributed by atoms with van der Waals surface area (Å²) in [5.41, 5.74) is 0.776. The molecular weight excluding hydrogens is 290 g/mol. The number of carbonyl (C=O) groups excluding carboxylic acids is 1. The first-order valence-electron chi connectivity index (χ1n) is 7.01. The van der Waals surface area contributed by atoms with Gasteiger partial charge in [-0.3, -0.25) is 9.59 Å². The average Bonchev–Trinajstić information content (AvgIpc) is 2.93. The Balaban J connectivity index is 1.85. The van der Waals surface area contributed by atoms with E-state index in [1.807, 2.05) is 18.2 Å². The molecule has 1 saturated carbocycles.